The van der Waals surface area contributed by atoms with Crippen molar-refractivity contribution in [2.75, 3.05) is 25.0 Å². The average Bonchev–Trinajstić information content (AvgIpc) is 2.46. The van der Waals surface area contributed by atoms with Crippen LogP contribution >= 0.6 is 11.6 Å². The van der Waals surface area contributed by atoms with Crippen molar-refractivity contribution in [3.05, 3.63) is 28.8 Å². The summed E-state index contributed by atoms with van der Waals surface area (Å²) in [7, 11) is 0. The number of carbonyl (C=O) groups excluding carboxylic acids is 1. The standard InChI is InChI=1S/C15H21ClN2O/c1-2-7-18-14-4-3-12(10-13(14)16)15(19)11-5-8-17-9-6-11/h3-4,10-11,17-18H,2,5-9H2,1H3. The molecular weight excluding hydrogens is 260 g/mol. The van der Waals surface area contributed by atoms with Gasteiger partial charge in [-0.2, -0.15) is 0 Å². The van der Waals surface area contributed by atoms with Gasteiger partial charge in [0, 0.05) is 18.0 Å². The van der Waals surface area contributed by atoms with E-state index in [0.717, 1.165) is 50.1 Å². The second-order valence-corrected chi connectivity index (χ2v) is 5.42. The predicted molar refractivity (Wildman–Crippen MR) is 80.2 cm³/mol. The van der Waals surface area contributed by atoms with Crippen LogP contribution in [0.4, 0.5) is 5.69 Å². The van der Waals surface area contributed by atoms with Gasteiger partial charge in [-0.3, -0.25) is 4.79 Å². The van der Waals surface area contributed by atoms with Gasteiger partial charge in [0.25, 0.3) is 0 Å². The molecule has 1 saturated heterocycles. The fourth-order valence-electron chi connectivity index (χ4n) is 2.39. The molecular formula is C15H21ClN2O. The molecule has 1 aliphatic rings. The van der Waals surface area contributed by atoms with Gasteiger partial charge in [-0.15, -0.1) is 0 Å². The number of piperidine rings is 1. The van der Waals surface area contributed by atoms with E-state index >= 15 is 0 Å². The molecule has 0 aromatic heterocycles. The summed E-state index contributed by atoms with van der Waals surface area (Å²) in [6, 6.07) is 5.59. The summed E-state index contributed by atoms with van der Waals surface area (Å²) in [6.07, 6.45) is 2.89. The number of rotatable bonds is 5. The van der Waals surface area contributed by atoms with Crippen molar-refractivity contribution in [2.45, 2.75) is 26.2 Å². The number of hydrogen-bond donors (Lipinski definition) is 2. The van der Waals surface area contributed by atoms with E-state index in [1.807, 2.05) is 12.1 Å². The first kappa shape index (κ1) is 14.4. The Hall–Kier alpha value is -1.06. The Bertz CT molecular complexity index is 442. The summed E-state index contributed by atoms with van der Waals surface area (Å²) >= 11 is 6.22. The largest absolute Gasteiger partial charge is 0.384 e. The number of Topliss-reactive ketones (excluding diaryl/α,β-unsaturated/α-hetero) is 1. The fraction of sp³-hybridized carbons (Fsp3) is 0.533. The Morgan fingerprint density at radius 2 is 2.16 bits per heavy atom. The van der Waals surface area contributed by atoms with E-state index in [-0.39, 0.29) is 11.7 Å². The number of anilines is 1. The Morgan fingerprint density at radius 3 is 2.79 bits per heavy atom. The fourth-order valence-corrected chi connectivity index (χ4v) is 2.64. The molecule has 0 radical (unpaired) electrons. The predicted octanol–water partition coefficient (Wildman–Crippen LogP) is 3.34. The minimum Gasteiger partial charge on any atom is -0.384 e. The van der Waals surface area contributed by atoms with E-state index in [0.29, 0.717) is 5.02 Å². The van der Waals surface area contributed by atoms with Crippen molar-refractivity contribution >= 4 is 23.1 Å². The van der Waals surface area contributed by atoms with Crippen molar-refractivity contribution in [1.82, 2.24) is 5.32 Å². The topological polar surface area (TPSA) is 41.1 Å². The third-order valence-corrected chi connectivity index (χ3v) is 3.84. The van der Waals surface area contributed by atoms with Crippen molar-refractivity contribution in [3.63, 3.8) is 0 Å². The quantitative estimate of drug-likeness (QED) is 0.813. The maximum absolute atomic E-state index is 12.4. The summed E-state index contributed by atoms with van der Waals surface area (Å²) in [5, 5.41) is 7.16. The highest BCUT2D eigenvalue weighted by atomic mass is 35.5. The van der Waals surface area contributed by atoms with Gasteiger partial charge in [0.05, 0.1) is 10.7 Å². The average molecular weight is 281 g/mol. The van der Waals surface area contributed by atoms with Crippen LogP contribution in [0.1, 0.15) is 36.5 Å². The molecule has 0 aliphatic carbocycles. The zero-order valence-corrected chi connectivity index (χ0v) is 12.1. The molecule has 1 aliphatic heterocycles. The van der Waals surface area contributed by atoms with Crippen LogP contribution in [0, 0.1) is 5.92 Å². The first-order chi connectivity index (χ1) is 9.22. The Kier molecular flexibility index (Phi) is 5.23. The van der Waals surface area contributed by atoms with Crippen LogP contribution in [0.5, 0.6) is 0 Å². The molecule has 4 heteroatoms. The molecule has 0 unspecified atom stereocenters. The van der Waals surface area contributed by atoms with Gasteiger partial charge in [-0.1, -0.05) is 18.5 Å². The van der Waals surface area contributed by atoms with Gasteiger partial charge in [-0.25, -0.2) is 0 Å². The Labute approximate surface area is 119 Å². The molecule has 2 N–H and O–H groups in total. The van der Waals surface area contributed by atoms with Crippen molar-refractivity contribution < 1.29 is 4.79 Å². The first-order valence-corrected chi connectivity index (χ1v) is 7.38. The summed E-state index contributed by atoms with van der Waals surface area (Å²) in [4.78, 5) is 12.4. The normalized spacial score (nSPS) is 16.3. The van der Waals surface area contributed by atoms with E-state index in [1.54, 1.807) is 6.07 Å². The van der Waals surface area contributed by atoms with E-state index in [4.69, 9.17) is 11.6 Å². The summed E-state index contributed by atoms with van der Waals surface area (Å²) in [6.45, 7) is 4.86. The monoisotopic (exact) mass is 280 g/mol. The van der Waals surface area contributed by atoms with Crippen molar-refractivity contribution in [2.24, 2.45) is 5.92 Å². The first-order valence-electron chi connectivity index (χ1n) is 7.00. The summed E-state index contributed by atoms with van der Waals surface area (Å²) < 4.78 is 0. The van der Waals surface area contributed by atoms with E-state index in [9.17, 15) is 4.79 Å². The lowest BCUT2D eigenvalue weighted by Crippen LogP contribution is -2.31. The second-order valence-electron chi connectivity index (χ2n) is 5.01. The SMILES string of the molecule is CCCNc1ccc(C(=O)C2CCNCC2)cc1Cl. The van der Waals surface area contributed by atoms with Crippen LogP contribution in [-0.4, -0.2) is 25.4 Å². The third kappa shape index (κ3) is 3.71. The van der Waals surface area contributed by atoms with Gasteiger partial charge >= 0.3 is 0 Å². The molecule has 0 spiro atoms. The molecule has 1 fully saturated rings. The van der Waals surface area contributed by atoms with Crippen LogP contribution < -0.4 is 10.6 Å². The maximum atomic E-state index is 12.4. The lowest BCUT2D eigenvalue weighted by Gasteiger charge is -2.21. The molecule has 0 atom stereocenters. The minimum absolute atomic E-state index is 0.145. The third-order valence-electron chi connectivity index (χ3n) is 3.53. The zero-order chi connectivity index (χ0) is 13.7. The highest BCUT2D eigenvalue weighted by Gasteiger charge is 2.22. The number of halogens is 1. The van der Waals surface area contributed by atoms with Crippen LogP contribution in [0.15, 0.2) is 18.2 Å². The summed E-state index contributed by atoms with van der Waals surface area (Å²) in [5.41, 5.74) is 1.64. The van der Waals surface area contributed by atoms with E-state index < -0.39 is 0 Å². The lowest BCUT2D eigenvalue weighted by atomic mass is 9.89. The van der Waals surface area contributed by atoms with Crippen LogP contribution in [0.25, 0.3) is 0 Å². The van der Waals surface area contributed by atoms with Gasteiger partial charge in [0.15, 0.2) is 5.78 Å². The smallest absolute Gasteiger partial charge is 0.166 e. The molecule has 3 nitrogen and oxygen atoms in total. The lowest BCUT2D eigenvalue weighted by molar-refractivity contribution is 0.0895. The zero-order valence-electron chi connectivity index (χ0n) is 11.3. The minimum atomic E-state index is 0.145. The number of hydrogen-bond acceptors (Lipinski definition) is 3. The van der Waals surface area contributed by atoms with Crippen molar-refractivity contribution in [1.29, 1.82) is 0 Å². The second kappa shape index (κ2) is 6.92. The molecule has 0 amide bonds. The highest BCUT2D eigenvalue weighted by molar-refractivity contribution is 6.33. The van der Waals surface area contributed by atoms with E-state index in [2.05, 4.69) is 17.6 Å². The van der Waals surface area contributed by atoms with Gasteiger partial charge in [0.2, 0.25) is 0 Å². The highest BCUT2D eigenvalue weighted by Crippen LogP contribution is 2.26. The van der Waals surface area contributed by atoms with Gasteiger partial charge in [-0.05, 0) is 50.6 Å². The molecule has 1 aromatic rings. The molecule has 1 heterocycles. The van der Waals surface area contributed by atoms with Gasteiger partial charge < -0.3 is 10.6 Å². The van der Waals surface area contributed by atoms with Crippen LogP contribution in [-0.2, 0) is 0 Å². The Balaban J connectivity index is 2.07. The summed E-state index contributed by atoms with van der Waals surface area (Å²) in [5.74, 6) is 0.372. The molecule has 0 saturated carbocycles. The number of ketones is 1. The number of benzene rings is 1. The maximum Gasteiger partial charge on any atom is 0.166 e. The number of carbonyl (C=O) groups is 1. The van der Waals surface area contributed by atoms with E-state index in [1.165, 1.54) is 0 Å². The van der Waals surface area contributed by atoms with Crippen LogP contribution in [0.3, 0.4) is 0 Å². The Morgan fingerprint density at radius 1 is 1.42 bits per heavy atom. The van der Waals surface area contributed by atoms with Crippen molar-refractivity contribution in [3.8, 4) is 0 Å². The molecule has 2 rings (SSSR count). The van der Waals surface area contributed by atoms with Gasteiger partial charge in [0.1, 0.15) is 0 Å². The molecule has 104 valence electrons. The van der Waals surface area contributed by atoms with Crippen LogP contribution in [0.2, 0.25) is 5.02 Å². The number of nitrogens with one attached hydrogen (secondary N) is 2. The molecule has 19 heavy (non-hydrogen) atoms. The molecule has 0 bridgehead atoms. The molecule has 1 aromatic carbocycles.